The Morgan fingerprint density at radius 3 is 2.82 bits per heavy atom. The molecule has 1 saturated carbocycles. The lowest BCUT2D eigenvalue weighted by atomic mass is 10.0. The summed E-state index contributed by atoms with van der Waals surface area (Å²) in [4.78, 5) is 8.83. The Morgan fingerprint density at radius 1 is 1.24 bits per heavy atom. The predicted molar refractivity (Wildman–Crippen MR) is 69.4 cm³/mol. The molecule has 0 radical (unpaired) electrons. The number of hydrogen-bond acceptors (Lipinski definition) is 3. The Labute approximate surface area is 106 Å². The molecule has 2 aliphatic rings. The minimum Gasteiger partial charge on any atom is -0.364 e. The van der Waals surface area contributed by atoms with Gasteiger partial charge in [0.2, 0.25) is 0 Å². The molecular formula is C13H16ClN3. The lowest BCUT2D eigenvalue weighted by Gasteiger charge is -2.18. The van der Waals surface area contributed by atoms with E-state index >= 15 is 0 Å². The summed E-state index contributed by atoms with van der Waals surface area (Å²) in [5.74, 6) is 2.30. The highest BCUT2D eigenvalue weighted by atomic mass is 35.5. The number of halogens is 1. The van der Waals surface area contributed by atoms with Crippen LogP contribution >= 0.6 is 11.6 Å². The normalized spacial score (nSPS) is 23.7. The molecule has 3 rings (SSSR count). The number of hydrogen-bond donors (Lipinski definition) is 1. The van der Waals surface area contributed by atoms with E-state index in [0.29, 0.717) is 17.1 Å². The van der Waals surface area contributed by atoms with Gasteiger partial charge in [-0.2, -0.15) is 0 Å². The maximum absolute atomic E-state index is 6.03. The molecule has 1 fully saturated rings. The van der Waals surface area contributed by atoms with Crippen molar-refractivity contribution in [1.29, 1.82) is 0 Å². The van der Waals surface area contributed by atoms with Crippen LogP contribution in [0.25, 0.3) is 0 Å². The molecule has 1 aromatic heterocycles. The first-order valence-corrected chi connectivity index (χ1v) is 6.67. The summed E-state index contributed by atoms with van der Waals surface area (Å²) in [6.07, 6.45) is 10.4. The van der Waals surface area contributed by atoms with Gasteiger partial charge in [0.15, 0.2) is 0 Å². The Morgan fingerprint density at radius 2 is 2.12 bits per heavy atom. The number of allylic oxidation sites excluding steroid dienone is 1. The molecule has 1 atom stereocenters. The molecule has 17 heavy (non-hydrogen) atoms. The zero-order chi connectivity index (χ0) is 11.7. The minimum absolute atomic E-state index is 0.391. The maximum Gasteiger partial charge on any atom is 0.135 e. The third-order valence-corrected chi connectivity index (χ3v) is 3.44. The summed E-state index contributed by atoms with van der Waals surface area (Å²) >= 11 is 6.03. The van der Waals surface area contributed by atoms with E-state index in [0.717, 1.165) is 18.1 Å². The maximum atomic E-state index is 6.03. The molecule has 1 aromatic rings. The van der Waals surface area contributed by atoms with Crippen molar-refractivity contribution in [2.75, 3.05) is 5.32 Å². The molecule has 0 amide bonds. The Balaban J connectivity index is 1.77. The number of nitrogens with zero attached hydrogens (tertiary/aromatic N) is 2. The van der Waals surface area contributed by atoms with Crippen molar-refractivity contribution in [3.05, 3.63) is 29.2 Å². The second-order valence-electron chi connectivity index (χ2n) is 4.82. The van der Waals surface area contributed by atoms with Gasteiger partial charge in [0.25, 0.3) is 0 Å². The molecule has 4 heteroatoms. The quantitative estimate of drug-likeness (QED) is 0.658. The zero-order valence-corrected chi connectivity index (χ0v) is 10.5. The van der Waals surface area contributed by atoms with Crippen molar-refractivity contribution in [3.8, 4) is 0 Å². The van der Waals surface area contributed by atoms with Crippen LogP contribution in [0.5, 0.6) is 0 Å². The van der Waals surface area contributed by atoms with Crippen LogP contribution in [0.1, 0.15) is 43.8 Å². The fourth-order valence-corrected chi connectivity index (χ4v) is 2.35. The van der Waals surface area contributed by atoms with Gasteiger partial charge < -0.3 is 5.32 Å². The molecule has 0 aromatic carbocycles. The van der Waals surface area contributed by atoms with Crippen molar-refractivity contribution >= 4 is 17.4 Å². The van der Waals surface area contributed by atoms with Gasteiger partial charge in [0, 0.05) is 18.0 Å². The molecule has 0 spiro atoms. The van der Waals surface area contributed by atoms with Gasteiger partial charge in [-0.3, -0.25) is 0 Å². The van der Waals surface area contributed by atoms with E-state index in [1.54, 1.807) is 0 Å². The van der Waals surface area contributed by atoms with Crippen LogP contribution in [0.2, 0.25) is 5.15 Å². The summed E-state index contributed by atoms with van der Waals surface area (Å²) in [5, 5.41) is 3.97. The Hall–Kier alpha value is -1.09. The van der Waals surface area contributed by atoms with E-state index in [-0.39, 0.29) is 0 Å². The largest absolute Gasteiger partial charge is 0.364 e. The highest BCUT2D eigenvalue weighted by Crippen LogP contribution is 2.38. The zero-order valence-electron chi connectivity index (χ0n) is 9.69. The van der Waals surface area contributed by atoms with Gasteiger partial charge in [-0.15, -0.1) is 0 Å². The lowest BCUT2D eigenvalue weighted by molar-refractivity contribution is 0.670. The van der Waals surface area contributed by atoms with Gasteiger partial charge >= 0.3 is 0 Å². The van der Waals surface area contributed by atoms with Crippen LogP contribution < -0.4 is 5.32 Å². The SMILES string of the molecule is Clc1cc(NC2C=CCCC2)nc(C2CC2)n1. The third kappa shape index (κ3) is 2.78. The van der Waals surface area contributed by atoms with Gasteiger partial charge in [-0.05, 0) is 32.1 Å². The first kappa shape index (κ1) is 11.0. The van der Waals surface area contributed by atoms with E-state index in [1.165, 1.54) is 25.7 Å². The summed E-state index contributed by atoms with van der Waals surface area (Å²) in [6, 6.07) is 2.21. The highest BCUT2D eigenvalue weighted by molar-refractivity contribution is 6.29. The molecule has 0 bridgehead atoms. The highest BCUT2D eigenvalue weighted by Gasteiger charge is 2.27. The fraction of sp³-hybridized carbons (Fsp3) is 0.538. The smallest absolute Gasteiger partial charge is 0.135 e. The van der Waals surface area contributed by atoms with Crippen LogP contribution in [0.3, 0.4) is 0 Å². The van der Waals surface area contributed by atoms with Crippen molar-refractivity contribution < 1.29 is 0 Å². The van der Waals surface area contributed by atoms with Gasteiger partial charge in [-0.1, -0.05) is 23.8 Å². The van der Waals surface area contributed by atoms with E-state index in [2.05, 4.69) is 27.4 Å². The van der Waals surface area contributed by atoms with Gasteiger partial charge in [0.05, 0.1) is 0 Å². The van der Waals surface area contributed by atoms with Crippen LogP contribution in [-0.4, -0.2) is 16.0 Å². The van der Waals surface area contributed by atoms with Crippen LogP contribution in [0.4, 0.5) is 5.82 Å². The van der Waals surface area contributed by atoms with Crippen LogP contribution in [0, 0.1) is 0 Å². The summed E-state index contributed by atoms with van der Waals surface area (Å²) in [5.41, 5.74) is 0. The first-order valence-electron chi connectivity index (χ1n) is 6.29. The Bertz CT molecular complexity index is 440. The van der Waals surface area contributed by atoms with Crippen molar-refractivity contribution in [3.63, 3.8) is 0 Å². The summed E-state index contributed by atoms with van der Waals surface area (Å²) in [7, 11) is 0. The number of anilines is 1. The molecule has 0 aliphatic heterocycles. The second kappa shape index (κ2) is 4.65. The topological polar surface area (TPSA) is 37.8 Å². The molecule has 1 heterocycles. The lowest BCUT2D eigenvalue weighted by Crippen LogP contribution is -2.19. The van der Waals surface area contributed by atoms with Crippen molar-refractivity contribution in [2.24, 2.45) is 0 Å². The van der Waals surface area contributed by atoms with Crippen molar-refractivity contribution in [2.45, 2.75) is 44.1 Å². The van der Waals surface area contributed by atoms with Crippen LogP contribution in [-0.2, 0) is 0 Å². The Kier molecular flexibility index (Phi) is 3.02. The fourth-order valence-electron chi connectivity index (χ4n) is 2.16. The van der Waals surface area contributed by atoms with Gasteiger partial charge in [0.1, 0.15) is 16.8 Å². The first-order chi connectivity index (χ1) is 8.31. The average Bonchev–Trinajstić information content (AvgIpc) is 3.13. The second-order valence-corrected chi connectivity index (χ2v) is 5.21. The molecule has 90 valence electrons. The summed E-state index contributed by atoms with van der Waals surface area (Å²) in [6.45, 7) is 0. The minimum atomic E-state index is 0.391. The van der Waals surface area contributed by atoms with Gasteiger partial charge in [-0.25, -0.2) is 9.97 Å². The van der Waals surface area contributed by atoms with Crippen LogP contribution in [0.15, 0.2) is 18.2 Å². The summed E-state index contributed by atoms with van der Waals surface area (Å²) < 4.78 is 0. The molecule has 2 aliphatic carbocycles. The molecule has 1 unspecified atom stereocenters. The molecule has 0 saturated heterocycles. The van der Waals surface area contributed by atoms with E-state index in [1.807, 2.05) is 6.07 Å². The average molecular weight is 250 g/mol. The molecular weight excluding hydrogens is 234 g/mol. The number of rotatable bonds is 3. The number of aromatic nitrogens is 2. The third-order valence-electron chi connectivity index (χ3n) is 3.24. The van der Waals surface area contributed by atoms with E-state index in [9.17, 15) is 0 Å². The standard InChI is InChI=1S/C13H16ClN3/c14-11-8-12(15-10-4-2-1-3-5-10)17-13(16-11)9-6-7-9/h2,4,8-10H,1,3,5-7H2,(H,15,16,17). The number of nitrogens with one attached hydrogen (secondary N) is 1. The predicted octanol–water partition coefficient (Wildman–Crippen LogP) is 3.53. The van der Waals surface area contributed by atoms with E-state index in [4.69, 9.17) is 11.6 Å². The van der Waals surface area contributed by atoms with E-state index < -0.39 is 0 Å². The molecule has 3 nitrogen and oxygen atoms in total. The van der Waals surface area contributed by atoms with Crippen molar-refractivity contribution in [1.82, 2.24) is 9.97 Å². The molecule has 1 N–H and O–H groups in total. The monoisotopic (exact) mass is 249 g/mol.